The van der Waals surface area contributed by atoms with Gasteiger partial charge in [0.2, 0.25) is 11.8 Å². The number of rotatable bonds is 5. The van der Waals surface area contributed by atoms with Crippen LogP contribution in [0.3, 0.4) is 0 Å². The van der Waals surface area contributed by atoms with Crippen molar-refractivity contribution < 1.29 is 9.59 Å². The predicted octanol–water partition coefficient (Wildman–Crippen LogP) is 3.76. The maximum atomic E-state index is 11.8. The molecule has 0 aromatic heterocycles. The fourth-order valence-corrected chi connectivity index (χ4v) is 2.04. The largest absolute Gasteiger partial charge is 0.343 e. The molecule has 0 unspecified atom stereocenters. The second kappa shape index (κ2) is 8.36. The summed E-state index contributed by atoms with van der Waals surface area (Å²) in [6.07, 6.45) is 3.05. The van der Waals surface area contributed by atoms with Crippen LogP contribution in [0.2, 0.25) is 10.0 Å². The van der Waals surface area contributed by atoms with E-state index in [0.29, 0.717) is 15.7 Å². The number of anilines is 1. The van der Waals surface area contributed by atoms with Crippen molar-refractivity contribution in [3.63, 3.8) is 0 Å². The Morgan fingerprint density at radius 1 is 1.00 bits per heavy atom. The van der Waals surface area contributed by atoms with Crippen molar-refractivity contribution in [2.75, 3.05) is 11.9 Å². The number of benzene rings is 2. The lowest BCUT2D eigenvalue weighted by Gasteiger charge is -2.06. The molecule has 0 aliphatic heterocycles. The van der Waals surface area contributed by atoms with Crippen molar-refractivity contribution in [1.82, 2.24) is 5.32 Å². The van der Waals surface area contributed by atoms with Gasteiger partial charge in [-0.15, -0.1) is 0 Å². The molecule has 2 aromatic rings. The summed E-state index contributed by atoms with van der Waals surface area (Å²) in [7, 11) is 0. The zero-order valence-corrected chi connectivity index (χ0v) is 13.6. The van der Waals surface area contributed by atoms with Crippen LogP contribution in [-0.4, -0.2) is 18.4 Å². The Bertz CT molecular complexity index is 731. The fourth-order valence-electron chi connectivity index (χ4n) is 1.74. The normalized spacial score (nSPS) is 10.5. The van der Waals surface area contributed by atoms with Gasteiger partial charge in [-0.1, -0.05) is 53.5 Å². The molecule has 0 saturated heterocycles. The molecule has 0 saturated carbocycles. The highest BCUT2D eigenvalue weighted by Gasteiger charge is 2.05. The van der Waals surface area contributed by atoms with Crippen molar-refractivity contribution in [2.24, 2.45) is 0 Å². The standard InChI is InChI=1S/C17H14Cl2N2O2/c18-14-8-7-13(10-15(14)19)21-17(23)11-20-16(22)9-6-12-4-2-1-3-5-12/h1-10H,11H2,(H,20,22)(H,21,23)/b9-6+. The Hall–Kier alpha value is -2.30. The van der Waals surface area contributed by atoms with Crippen LogP contribution in [0, 0.1) is 0 Å². The van der Waals surface area contributed by atoms with Gasteiger partial charge in [0.25, 0.3) is 0 Å². The van der Waals surface area contributed by atoms with E-state index in [-0.39, 0.29) is 18.4 Å². The minimum atomic E-state index is -0.357. The van der Waals surface area contributed by atoms with Gasteiger partial charge in [0.1, 0.15) is 0 Å². The first-order chi connectivity index (χ1) is 11.0. The Kier molecular flexibility index (Phi) is 6.20. The molecule has 2 aromatic carbocycles. The van der Waals surface area contributed by atoms with Gasteiger partial charge >= 0.3 is 0 Å². The molecule has 0 bridgehead atoms. The monoisotopic (exact) mass is 348 g/mol. The minimum Gasteiger partial charge on any atom is -0.343 e. The quantitative estimate of drug-likeness (QED) is 0.808. The van der Waals surface area contributed by atoms with Crippen LogP contribution in [0.5, 0.6) is 0 Å². The molecular weight excluding hydrogens is 335 g/mol. The summed E-state index contributed by atoms with van der Waals surface area (Å²) in [6, 6.07) is 14.2. The smallest absolute Gasteiger partial charge is 0.244 e. The number of carbonyl (C=O) groups excluding carboxylic acids is 2. The molecule has 0 aliphatic carbocycles. The van der Waals surface area contributed by atoms with Crippen molar-refractivity contribution in [3.05, 3.63) is 70.2 Å². The first-order valence-corrected chi connectivity index (χ1v) is 7.56. The second-order valence-electron chi connectivity index (χ2n) is 4.64. The van der Waals surface area contributed by atoms with Gasteiger partial charge in [0, 0.05) is 11.8 Å². The van der Waals surface area contributed by atoms with Gasteiger partial charge in [0.05, 0.1) is 16.6 Å². The third-order valence-corrected chi connectivity index (χ3v) is 3.59. The van der Waals surface area contributed by atoms with Crippen LogP contribution in [0.15, 0.2) is 54.6 Å². The molecule has 6 heteroatoms. The van der Waals surface area contributed by atoms with E-state index in [1.54, 1.807) is 24.3 Å². The lowest BCUT2D eigenvalue weighted by atomic mass is 10.2. The Labute approximate surface area is 144 Å². The third-order valence-electron chi connectivity index (χ3n) is 2.85. The van der Waals surface area contributed by atoms with Gasteiger partial charge in [-0.2, -0.15) is 0 Å². The molecule has 0 fully saturated rings. The van der Waals surface area contributed by atoms with Gasteiger partial charge < -0.3 is 10.6 Å². The van der Waals surface area contributed by atoms with E-state index in [1.165, 1.54) is 6.08 Å². The van der Waals surface area contributed by atoms with Crippen LogP contribution < -0.4 is 10.6 Å². The Morgan fingerprint density at radius 3 is 2.43 bits per heavy atom. The molecule has 23 heavy (non-hydrogen) atoms. The number of hydrogen-bond donors (Lipinski definition) is 2. The first-order valence-electron chi connectivity index (χ1n) is 6.80. The van der Waals surface area contributed by atoms with Crippen molar-refractivity contribution in [1.29, 1.82) is 0 Å². The number of nitrogens with one attached hydrogen (secondary N) is 2. The fraction of sp³-hybridized carbons (Fsp3) is 0.0588. The van der Waals surface area contributed by atoms with Gasteiger partial charge in [-0.3, -0.25) is 9.59 Å². The van der Waals surface area contributed by atoms with E-state index in [0.717, 1.165) is 5.56 Å². The lowest BCUT2D eigenvalue weighted by Crippen LogP contribution is -2.31. The van der Waals surface area contributed by atoms with Gasteiger partial charge in [0.15, 0.2) is 0 Å². The number of halogens is 2. The SMILES string of the molecule is O=C(/C=C/c1ccccc1)NCC(=O)Nc1ccc(Cl)c(Cl)c1. The Balaban J connectivity index is 1.80. The molecule has 2 amide bonds. The maximum absolute atomic E-state index is 11.8. The first kappa shape index (κ1) is 17.1. The molecular formula is C17H14Cl2N2O2. The predicted molar refractivity (Wildman–Crippen MR) is 93.6 cm³/mol. The molecule has 2 rings (SSSR count). The zero-order chi connectivity index (χ0) is 16.7. The highest BCUT2D eigenvalue weighted by atomic mass is 35.5. The minimum absolute atomic E-state index is 0.141. The molecule has 2 N–H and O–H groups in total. The molecule has 0 spiro atoms. The lowest BCUT2D eigenvalue weighted by molar-refractivity contribution is -0.121. The topological polar surface area (TPSA) is 58.2 Å². The van der Waals surface area contributed by atoms with Crippen molar-refractivity contribution in [3.8, 4) is 0 Å². The van der Waals surface area contributed by atoms with E-state index < -0.39 is 0 Å². The summed E-state index contributed by atoms with van der Waals surface area (Å²) in [4.78, 5) is 23.4. The zero-order valence-electron chi connectivity index (χ0n) is 12.1. The molecule has 0 aliphatic rings. The van der Waals surface area contributed by atoms with Crippen molar-refractivity contribution >= 4 is 46.8 Å². The van der Waals surface area contributed by atoms with Gasteiger partial charge in [-0.05, 0) is 29.8 Å². The number of amides is 2. The van der Waals surface area contributed by atoms with Crippen LogP contribution in [-0.2, 0) is 9.59 Å². The van der Waals surface area contributed by atoms with E-state index >= 15 is 0 Å². The van der Waals surface area contributed by atoms with Crippen LogP contribution in [0.4, 0.5) is 5.69 Å². The maximum Gasteiger partial charge on any atom is 0.244 e. The average Bonchev–Trinajstić information content (AvgIpc) is 2.55. The second-order valence-corrected chi connectivity index (χ2v) is 5.45. The Morgan fingerprint density at radius 2 is 1.74 bits per heavy atom. The summed E-state index contributed by atoms with van der Waals surface area (Å²) >= 11 is 11.7. The molecule has 0 heterocycles. The van der Waals surface area contributed by atoms with E-state index in [2.05, 4.69) is 10.6 Å². The molecule has 118 valence electrons. The highest BCUT2D eigenvalue weighted by Crippen LogP contribution is 2.24. The molecule has 0 radical (unpaired) electrons. The van der Waals surface area contributed by atoms with Crippen LogP contribution in [0.25, 0.3) is 6.08 Å². The summed E-state index contributed by atoms with van der Waals surface area (Å²) < 4.78 is 0. The summed E-state index contributed by atoms with van der Waals surface area (Å²) in [5.41, 5.74) is 1.42. The summed E-state index contributed by atoms with van der Waals surface area (Å²) in [5, 5.41) is 5.87. The summed E-state index contributed by atoms with van der Waals surface area (Å²) in [5.74, 6) is -0.706. The number of hydrogen-bond acceptors (Lipinski definition) is 2. The van der Waals surface area contributed by atoms with Gasteiger partial charge in [-0.25, -0.2) is 0 Å². The van der Waals surface area contributed by atoms with Crippen LogP contribution >= 0.6 is 23.2 Å². The average molecular weight is 349 g/mol. The van der Waals surface area contributed by atoms with Crippen LogP contribution in [0.1, 0.15) is 5.56 Å². The number of carbonyl (C=O) groups is 2. The summed E-state index contributed by atoms with van der Waals surface area (Å²) in [6.45, 7) is -0.141. The third kappa shape index (κ3) is 5.77. The molecule has 0 atom stereocenters. The molecule has 4 nitrogen and oxygen atoms in total. The van der Waals surface area contributed by atoms with E-state index in [9.17, 15) is 9.59 Å². The van der Waals surface area contributed by atoms with E-state index in [4.69, 9.17) is 23.2 Å². The van der Waals surface area contributed by atoms with E-state index in [1.807, 2.05) is 30.3 Å². The highest BCUT2D eigenvalue weighted by molar-refractivity contribution is 6.42. The van der Waals surface area contributed by atoms with Crippen molar-refractivity contribution in [2.45, 2.75) is 0 Å².